The quantitative estimate of drug-likeness (QED) is 0.0402. The van der Waals surface area contributed by atoms with E-state index >= 15 is 0 Å². The van der Waals surface area contributed by atoms with E-state index in [0.29, 0.717) is 13.2 Å². The molecule has 8 heteroatoms. The van der Waals surface area contributed by atoms with E-state index in [0.717, 1.165) is 25.7 Å². The van der Waals surface area contributed by atoms with Gasteiger partial charge in [-0.1, -0.05) is 155 Å². The van der Waals surface area contributed by atoms with Crippen molar-refractivity contribution in [3.63, 3.8) is 0 Å². The van der Waals surface area contributed by atoms with Crippen LogP contribution >= 0.6 is 0 Å². The van der Waals surface area contributed by atoms with Gasteiger partial charge in [-0.25, -0.2) is 9.59 Å². The van der Waals surface area contributed by atoms with Crippen molar-refractivity contribution < 1.29 is 38.9 Å². The number of hydrogen-bond donors (Lipinski definition) is 2. The third-order valence-corrected chi connectivity index (χ3v) is 6.99. The highest BCUT2D eigenvalue weighted by molar-refractivity contribution is 6.27. The summed E-state index contributed by atoms with van der Waals surface area (Å²) in [5.74, 6) is -4.55. The van der Waals surface area contributed by atoms with Gasteiger partial charge in [-0.15, -0.1) is 0 Å². The minimum atomic E-state index is -1.82. The predicted molar refractivity (Wildman–Crippen MR) is 164 cm³/mol. The fraction of sp³-hybridized carbons (Fsp3) is 0.879. The van der Waals surface area contributed by atoms with Crippen molar-refractivity contribution in [2.45, 2.75) is 174 Å². The molecule has 2 N–H and O–H groups in total. The summed E-state index contributed by atoms with van der Waals surface area (Å²) in [7, 11) is 0. The van der Waals surface area contributed by atoms with Crippen LogP contribution in [0.1, 0.15) is 174 Å². The van der Waals surface area contributed by atoms with Gasteiger partial charge in [0.15, 0.2) is 0 Å². The number of carboxylic acid groups (broad SMARTS) is 2. The molecular formula is C33H62O8. The van der Waals surface area contributed by atoms with Crippen LogP contribution in [0.4, 0.5) is 0 Å². The maximum Gasteiger partial charge on any atom is 0.414 e. The van der Waals surface area contributed by atoms with Crippen molar-refractivity contribution in [2.24, 2.45) is 0 Å². The zero-order chi connectivity index (χ0) is 30.8. The smallest absolute Gasteiger partial charge is 0.414 e. The molecule has 41 heavy (non-hydrogen) atoms. The van der Waals surface area contributed by atoms with Gasteiger partial charge in [-0.05, 0) is 12.8 Å². The average molecular weight is 587 g/mol. The second-order valence-electron chi connectivity index (χ2n) is 11.0. The van der Waals surface area contributed by atoms with E-state index in [2.05, 4.69) is 13.8 Å². The number of unbranched alkanes of at least 4 members (excludes halogenated alkanes) is 22. The van der Waals surface area contributed by atoms with Crippen molar-refractivity contribution in [3.8, 4) is 0 Å². The van der Waals surface area contributed by atoms with Crippen molar-refractivity contribution in [1.82, 2.24) is 0 Å². The molecule has 0 heterocycles. The highest BCUT2D eigenvalue weighted by Gasteiger charge is 2.11. The largest absolute Gasteiger partial charge is 0.473 e. The van der Waals surface area contributed by atoms with Crippen LogP contribution in [0.15, 0.2) is 0 Å². The molecule has 0 aromatic heterocycles. The molecule has 0 spiro atoms. The van der Waals surface area contributed by atoms with E-state index in [4.69, 9.17) is 29.3 Å². The summed E-state index contributed by atoms with van der Waals surface area (Å²) in [6, 6.07) is 0. The van der Waals surface area contributed by atoms with Gasteiger partial charge in [0.25, 0.3) is 0 Å². The van der Waals surface area contributed by atoms with Crippen LogP contribution in [-0.2, 0) is 28.7 Å². The molecule has 0 saturated carbocycles. The molecule has 8 nitrogen and oxygen atoms in total. The molecule has 0 amide bonds. The Balaban J connectivity index is 0. The summed E-state index contributed by atoms with van der Waals surface area (Å²) >= 11 is 0. The van der Waals surface area contributed by atoms with Crippen LogP contribution in [0, 0.1) is 0 Å². The third kappa shape index (κ3) is 37.9. The lowest BCUT2D eigenvalue weighted by molar-refractivity contribution is -0.159. The highest BCUT2D eigenvalue weighted by atomic mass is 16.6. The second kappa shape index (κ2) is 34.1. The van der Waals surface area contributed by atoms with Gasteiger partial charge >= 0.3 is 23.9 Å². The number of rotatable bonds is 28. The summed E-state index contributed by atoms with van der Waals surface area (Å²) in [6.07, 6.45) is 30.5. The van der Waals surface area contributed by atoms with Crippen LogP contribution in [-0.4, -0.2) is 47.3 Å². The van der Waals surface area contributed by atoms with Crippen LogP contribution in [0.2, 0.25) is 0 Å². The number of carbonyl (C=O) groups is 4. The van der Waals surface area contributed by atoms with E-state index in [1.165, 1.54) is 128 Å². The van der Waals surface area contributed by atoms with Crippen LogP contribution < -0.4 is 0 Å². The Kier molecular flexibility index (Phi) is 34.1. The summed E-state index contributed by atoms with van der Waals surface area (Å²) in [4.78, 5) is 41.7. The lowest BCUT2D eigenvalue weighted by atomic mass is 10.1. The van der Waals surface area contributed by atoms with E-state index in [1.54, 1.807) is 0 Å². The molecule has 242 valence electrons. The number of aliphatic carboxylic acids is 2. The predicted octanol–water partition coefficient (Wildman–Crippen LogP) is 9.02. The van der Waals surface area contributed by atoms with Crippen LogP contribution in [0.5, 0.6) is 0 Å². The van der Waals surface area contributed by atoms with Crippen LogP contribution in [0.25, 0.3) is 0 Å². The van der Waals surface area contributed by atoms with Gasteiger partial charge in [0.2, 0.25) is 0 Å². The number of hydrogen-bond acceptors (Lipinski definition) is 6. The molecule has 0 atom stereocenters. The molecule has 0 aliphatic rings. The van der Waals surface area contributed by atoms with E-state index < -0.39 is 23.9 Å². The average Bonchev–Trinajstić information content (AvgIpc) is 2.94. The first-order valence-corrected chi connectivity index (χ1v) is 16.6. The van der Waals surface area contributed by atoms with Gasteiger partial charge in [0, 0.05) is 0 Å². The first-order chi connectivity index (χ1) is 19.8. The van der Waals surface area contributed by atoms with Crippen molar-refractivity contribution in [2.75, 3.05) is 13.2 Å². The van der Waals surface area contributed by atoms with Gasteiger partial charge in [0.1, 0.15) is 6.42 Å². The molecule has 0 rings (SSSR count). The SMILES string of the molecule is CCCCCCCCCCCCCCOC(=O)CC(=O)OCCCCCCCCCCCCCC.O=C(O)C(=O)O. The lowest BCUT2D eigenvalue weighted by Crippen LogP contribution is -2.15. The Bertz CT molecular complexity index is 568. The topological polar surface area (TPSA) is 127 Å². The monoisotopic (exact) mass is 586 g/mol. The third-order valence-electron chi connectivity index (χ3n) is 6.99. The van der Waals surface area contributed by atoms with Crippen molar-refractivity contribution >= 4 is 23.9 Å². The number of carboxylic acids is 2. The lowest BCUT2D eigenvalue weighted by Gasteiger charge is -2.06. The fourth-order valence-corrected chi connectivity index (χ4v) is 4.48. The zero-order valence-electron chi connectivity index (χ0n) is 26.4. The van der Waals surface area contributed by atoms with E-state index in [-0.39, 0.29) is 6.42 Å². The molecule has 0 radical (unpaired) electrons. The maximum absolute atomic E-state index is 11.8. The van der Waals surface area contributed by atoms with Crippen molar-refractivity contribution in [3.05, 3.63) is 0 Å². The summed E-state index contributed by atoms with van der Waals surface area (Å²) in [5, 5.41) is 14.8. The first kappa shape index (κ1) is 41.0. The minimum Gasteiger partial charge on any atom is -0.473 e. The Morgan fingerprint density at radius 2 is 0.610 bits per heavy atom. The molecule has 0 aromatic rings. The van der Waals surface area contributed by atoms with E-state index in [1.807, 2.05) is 0 Å². The fourth-order valence-electron chi connectivity index (χ4n) is 4.48. The second-order valence-corrected chi connectivity index (χ2v) is 11.0. The first-order valence-electron chi connectivity index (χ1n) is 16.6. The maximum atomic E-state index is 11.8. The van der Waals surface area contributed by atoms with Gasteiger partial charge in [-0.3, -0.25) is 9.59 Å². The van der Waals surface area contributed by atoms with Crippen molar-refractivity contribution in [1.29, 1.82) is 0 Å². The molecule has 0 aromatic carbocycles. The molecule has 0 bridgehead atoms. The Morgan fingerprint density at radius 3 is 0.829 bits per heavy atom. The normalized spacial score (nSPS) is 10.5. The summed E-state index contributed by atoms with van der Waals surface area (Å²) in [6.45, 7) is 5.36. The number of esters is 2. The van der Waals surface area contributed by atoms with Gasteiger partial charge in [-0.2, -0.15) is 0 Å². The molecule has 0 unspecified atom stereocenters. The van der Waals surface area contributed by atoms with E-state index in [9.17, 15) is 9.59 Å². The number of carbonyl (C=O) groups excluding carboxylic acids is 2. The van der Waals surface area contributed by atoms with Crippen LogP contribution in [0.3, 0.4) is 0 Å². The zero-order valence-corrected chi connectivity index (χ0v) is 26.4. The summed E-state index contributed by atoms with van der Waals surface area (Å²) in [5.41, 5.74) is 0. The van der Waals surface area contributed by atoms with Gasteiger partial charge in [0.05, 0.1) is 13.2 Å². The highest BCUT2D eigenvalue weighted by Crippen LogP contribution is 2.13. The Hall–Kier alpha value is -2.12. The minimum absolute atomic E-state index is 0.253. The molecule has 0 saturated heterocycles. The van der Waals surface area contributed by atoms with Gasteiger partial charge < -0.3 is 19.7 Å². The molecule has 0 fully saturated rings. The molecule has 0 aliphatic carbocycles. The Labute approximate surface area is 250 Å². The molecular weight excluding hydrogens is 524 g/mol. The summed E-state index contributed by atoms with van der Waals surface area (Å²) < 4.78 is 10.4. The molecule has 0 aliphatic heterocycles. The standard InChI is InChI=1S/C31H60O4.C2H2O4/c1-3-5-7-9-11-13-15-17-19-21-23-25-27-34-30(32)29-31(33)35-28-26-24-22-20-18-16-14-12-10-8-6-4-2;3-1(4)2(5)6/h3-29H2,1-2H3;(H,3,4)(H,5,6). The Morgan fingerprint density at radius 1 is 0.390 bits per heavy atom. The number of ether oxygens (including phenoxy) is 2.